The summed E-state index contributed by atoms with van der Waals surface area (Å²) in [5.74, 6) is 0.923. The summed E-state index contributed by atoms with van der Waals surface area (Å²) in [7, 11) is 0. The summed E-state index contributed by atoms with van der Waals surface area (Å²) in [5.41, 5.74) is 2.76. The first-order valence-electron chi connectivity index (χ1n) is 5.98. The second-order valence-corrected chi connectivity index (χ2v) is 5.08. The molecule has 1 unspecified atom stereocenters. The van der Waals surface area contributed by atoms with Crippen LogP contribution >= 0.6 is 0 Å². The zero-order valence-electron chi connectivity index (χ0n) is 9.96. The van der Waals surface area contributed by atoms with E-state index in [9.17, 15) is 0 Å². The Hall–Kier alpha value is -0.820. The van der Waals surface area contributed by atoms with Gasteiger partial charge >= 0.3 is 0 Å². The molecule has 1 nitrogen and oxygen atoms in total. The van der Waals surface area contributed by atoms with E-state index in [-0.39, 0.29) is 0 Å². The van der Waals surface area contributed by atoms with Gasteiger partial charge in [-0.2, -0.15) is 0 Å². The van der Waals surface area contributed by atoms with Crippen molar-refractivity contribution < 1.29 is 0 Å². The highest BCUT2D eigenvalue weighted by molar-refractivity contribution is 5.24. The van der Waals surface area contributed by atoms with E-state index in [0.29, 0.717) is 6.04 Å². The molecule has 0 heterocycles. The normalized spacial score (nSPS) is 27.1. The summed E-state index contributed by atoms with van der Waals surface area (Å²) in [4.78, 5) is 0. The van der Waals surface area contributed by atoms with Crippen LogP contribution in [0.2, 0.25) is 0 Å². The van der Waals surface area contributed by atoms with E-state index in [1.807, 2.05) is 0 Å². The Balaban J connectivity index is 1.93. The third-order valence-corrected chi connectivity index (χ3v) is 3.40. The predicted octanol–water partition coefficient (Wildman–Crippen LogP) is 3.44. The lowest BCUT2D eigenvalue weighted by atomic mass is 9.81. The van der Waals surface area contributed by atoms with E-state index in [0.717, 1.165) is 12.0 Å². The lowest BCUT2D eigenvalue weighted by molar-refractivity contribution is 0.226. The number of benzene rings is 1. The van der Waals surface area contributed by atoms with Gasteiger partial charge in [0, 0.05) is 12.1 Å². The molecule has 1 aromatic rings. The van der Waals surface area contributed by atoms with E-state index in [1.165, 1.54) is 24.0 Å². The first kappa shape index (κ1) is 10.7. The molecule has 15 heavy (non-hydrogen) atoms. The monoisotopic (exact) mass is 203 g/mol. The van der Waals surface area contributed by atoms with E-state index in [4.69, 9.17) is 0 Å². The van der Waals surface area contributed by atoms with Crippen molar-refractivity contribution in [2.75, 3.05) is 0 Å². The lowest BCUT2D eigenvalue weighted by Crippen LogP contribution is -2.41. The molecule has 1 aromatic carbocycles. The number of aryl methyl sites for hydroxylation is 1. The Bertz CT molecular complexity index is 326. The van der Waals surface area contributed by atoms with Gasteiger partial charge in [-0.25, -0.2) is 0 Å². The Morgan fingerprint density at radius 2 is 2.07 bits per heavy atom. The molecule has 1 fully saturated rings. The number of hydrogen-bond donors (Lipinski definition) is 1. The van der Waals surface area contributed by atoms with Crippen LogP contribution in [0.25, 0.3) is 0 Å². The molecule has 0 amide bonds. The SMILES string of the molecule is Cc1cccc(C(C)NC2CC(C)C2)c1. The second kappa shape index (κ2) is 4.36. The highest BCUT2D eigenvalue weighted by Gasteiger charge is 2.26. The molecule has 1 heteroatoms. The maximum absolute atomic E-state index is 3.69. The Morgan fingerprint density at radius 1 is 1.33 bits per heavy atom. The Morgan fingerprint density at radius 3 is 2.67 bits per heavy atom. The average molecular weight is 203 g/mol. The van der Waals surface area contributed by atoms with E-state index >= 15 is 0 Å². The largest absolute Gasteiger partial charge is 0.307 e. The molecular formula is C14H21N. The molecule has 1 N–H and O–H groups in total. The molecule has 1 aliphatic carbocycles. The standard InChI is InChI=1S/C14H21N/c1-10-5-4-6-13(7-10)12(3)15-14-8-11(2)9-14/h4-7,11-12,14-15H,8-9H2,1-3H3. The van der Waals surface area contributed by atoms with Gasteiger partial charge < -0.3 is 5.32 Å². The van der Waals surface area contributed by atoms with Crippen LogP contribution in [0, 0.1) is 12.8 Å². The fourth-order valence-corrected chi connectivity index (χ4v) is 2.43. The third kappa shape index (κ3) is 2.60. The van der Waals surface area contributed by atoms with Gasteiger partial charge in [0.25, 0.3) is 0 Å². The van der Waals surface area contributed by atoms with Gasteiger partial charge in [-0.15, -0.1) is 0 Å². The van der Waals surface area contributed by atoms with E-state index in [2.05, 4.69) is 50.4 Å². The molecule has 82 valence electrons. The van der Waals surface area contributed by atoms with Crippen LogP contribution in [-0.4, -0.2) is 6.04 Å². The first-order valence-corrected chi connectivity index (χ1v) is 5.98. The van der Waals surface area contributed by atoms with Crippen LogP contribution in [0.15, 0.2) is 24.3 Å². The Kier molecular flexibility index (Phi) is 3.11. The molecular weight excluding hydrogens is 182 g/mol. The summed E-state index contributed by atoms with van der Waals surface area (Å²) >= 11 is 0. The molecule has 0 radical (unpaired) electrons. The van der Waals surface area contributed by atoms with E-state index < -0.39 is 0 Å². The van der Waals surface area contributed by atoms with Crippen LogP contribution in [0.4, 0.5) is 0 Å². The van der Waals surface area contributed by atoms with Crippen LogP contribution in [-0.2, 0) is 0 Å². The third-order valence-electron chi connectivity index (χ3n) is 3.40. The highest BCUT2D eigenvalue weighted by atomic mass is 15.0. The summed E-state index contributed by atoms with van der Waals surface area (Å²) in [6, 6.07) is 10.0. The van der Waals surface area contributed by atoms with Crippen LogP contribution in [0.1, 0.15) is 43.9 Å². The zero-order valence-corrected chi connectivity index (χ0v) is 9.96. The first-order chi connectivity index (χ1) is 7.15. The maximum atomic E-state index is 3.69. The summed E-state index contributed by atoms with van der Waals surface area (Å²) in [5, 5.41) is 3.69. The van der Waals surface area contributed by atoms with Crippen LogP contribution in [0.5, 0.6) is 0 Å². The van der Waals surface area contributed by atoms with Gasteiger partial charge in [0.05, 0.1) is 0 Å². The molecule has 1 saturated carbocycles. The maximum Gasteiger partial charge on any atom is 0.0294 e. The molecule has 0 bridgehead atoms. The van der Waals surface area contributed by atoms with Crippen molar-refractivity contribution in [2.24, 2.45) is 5.92 Å². The number of nitrogens with one attached hydrogen (secondary N) is 1. The van der Waals surface area contributed by atoms with Crippen molar-refractivity contribution in [1.29, 1.82) is 0 Å². The van der Waals surface area contributed by atoms with Crippen molar-refractivity contribution in [1.82, 2.24) is 5.32 Å². The molecule has 1 atom stereocenters. The van der Waals surface area contributed by atoms with Crippen molar-refractivity contribution in [3.8, 4) is 0 Å². The van der Waals surface area contributed by atoms with Gasteiger partial charge in [-0.1, -0.05) is 36.8 Å². The highest BCUT2D eigenvalue weighted by Crippen LogP contribution is 2.28. The van der Waals surface area contributed by atoms with Crippen molar-refractivity contribution in [3.63, 3.8) is 0 Å². The minimum Gasteiger partial charge on any atom is -0.307 e. The molecule has 0 aliphatic heterocycles. The fraction of sp³-hybridized carbons (Fsp3) is 0.571. The molecule has 0 saturated heterocycles. The quantitative estimate of drug-likeness (QED) is 0.793. The van der Waals surface area contributed by atoms with Gasteiger partial charge in [-0.05, 0) is 38.2 Å². The zero-order chi connectivity index (χ0) is 10.8. The number of hydrogen-bond acceptors (Lipinski definition) is 1. The minimum absolute atomic E-state index is 0.488. The van der Waals surface area contributed by atoms with Crippen LogP contribution < -0.4 is 5.32 Å². The molecule has 1 aliphatic rings. The van der Waals surface area contributed by atoms with Gasteiger partial charge in [0.2, 0.25) is 0 Å². The molecule has 0 aromatic heterocycles. The minimum atomic E-state index is 0.488. The second-order valence-electron chi connectivity index (χ2n) is 5.08. The summed E-state index contributed by atoms with van der Waals surface area (Å²) in [6.07, 6.45) is 2.69. The van der Waals surface area contributed by atoms with E-state index in [1.54, 1.807) is 0 Å². The van der Waals surface area contributed by atoms with Gasteiger partial charge in [0.15, 0.2) is 0 Å². The number of rotatable bonds is 3. The molecule has 2 rings (SSSR count). The fourth-order valence-electron chi connectivity index (χ4n) is 2.43. The summed E-state index contributed by atoms with van der Waals surface area (Å²) in [6.45, 7) is 6.74. The predicted molar refractivity (Wildman–Crippen MR) is 64.9 cm³/mol. The van der Waals surface area contributed by atoms with Gasteiger partial charge in [-0.3, -0.25) is 0 Å². The average Bonchev–Trinajstić information content (AvgIpc) is 2.15. The van der Waals surface area contributed by atoms with Gasteiger partial charge in [0.1, 0.15) is 0 Å². The topological polar surface area (TPSA) is 12.0 Å². The van der Waals surface area contributed by atoms with Crippen molar-refractivity contribution >= 4 is 0 Å². The smallest absolute Gasteiger partial charge is 0.0294 e. The molecule has 0 spiro atoms. The Labute approximate surface area is 92.9 Å². The van der Waals surface area contributed by atoms with Crippen molar-refractivity contribution in [2.45, 2.75) is 45.7 Å². The van der Waals surface area contributed by atoms with Crippen molar-refractivity contribution in [3.05, 3.63) is 35.4 Å². The lowest BCUT2D eigenvalue weighted by Gasteiger charge is -2.35. The van der Waals surface area contributed by atoms with Crippen LogP contribution in [0.3, 0.4) is 0 Å². The summed E-state index contributed by atoms with van der Waals surface area (Å²) < 4.78 is 0.